The van der Waals surface area contributed by atoms with E-state index in [2.05, 4.69) is 30.5 Å². The zero-order valence-electron chi connectivity index (χ0n) is 16.7. The first-order chi connectivity index (χ1) is 13.3. The topological polar surface area (TPSA) is 58.2 Å². The Balaban J connectivity index is 1.60. The number of fused-ring (bicyclic) bond motifs is 1. The summed E-state index contributed by atoms with van der Waals surface area (Å²) >= 11 is 1.72. The van der Waals surface area contributed by atoms with Gasteiger partial charge in [0.1, 0.15) is 6.04 Å². The fraction of sp³-hybridized carbons (Fsp3) is 0.304. The van der Waals surface area contributed by atoms with Crippen LogP contribution in [0.1, 0.15) is 40.8 Å². The summed E-state index contributed by atoms with van der Waals surface area (Å²) in [5.41, 5.74) is 2.09. The van der Waals surface area contributed by atoms with Crippen LogP contribution in [0.3, 0.4) is 0 Å². The lowest BCUT2D eigenvalue weighted by Gasteiger charge is -2.19. The average Bonchev–Trinajstić information content (AvgIpc) is 3.00. The van der Waals surface area contributed by atoms with E-state index in [1.807, 2.05) is 49.4 Å². The Morgan fingerprint density at radius 2 is 1.71 bits per heavy atom. The second kappa shape index (κ2) is 8.57. The fourth-order valence-corrected chi connectivity index (χ4v) is 4.50. The zero-order valence-corrected chi connectivity index (χ0v) is 17.5. The lowest BCUT2D eigenvalue weighted by Crippen LogP contribution is -2.46. The number of rotatable bonds is 6. The first-order valence-corrected chi connectivity index (χ1v) is 10.3. The van der Waals surface area contributed by atoms with Crippen LogP contribution in [0.4, 0.5) is 0 Å². The molecule has 2 atom stereocenters. The molecule has 0 unspecified atom stereocenters. The van der Waals surface area contributed by atoms with Gasteiger partial charge in [-0.2, -0.15) is 0 Å². The van der Waals surface area contributed by atoms with Crippen LogP contribution in [0.25, 0.3) is 10.8 Å². The van der Waals surface area contributed by atoms with Crippen LogP contribution in [-0.2, 0) is 16.0 Å². The van der Waals surface area contributed by atoms with Gasteiger partial charge in [-0.15, -0.1) is 11.3 Å². The third kappa shape index (κ3) is 4.60. The number of aryl methyl sites for hydroxylation is 2. The molecule has 146 valence electrons. The largest absolute Gasteiger partial charge is 0.348 e. The summed E-state index contributed by atoms with van der Waals surface area (Å²) in [4.78, 5) is 27.5. The molecule has 1 heterocycles. The maximum Gasteiger partial charge on any atom is 0.242 e. The maximum atomic E-state index is 12.5. The van der Waals surface area contributed by atoms with Crippen molar-refractivity contribution >= 4 is 33.9 Å². The van der Waals surface area contributed by atoms with Crippen molar-refractivity contribution in [3.05, 3.63) is 69.4 Å². The Morgan fingerprint density at radius 1 is 1.00 bits per heavy atom. The van der Waals surface area contributed by atoms with Crippen molar-refractivity contribution in [2.45, 2.75) is 46.2 Å². The number of nitrogens with one attached hydrogen (secondary N) is 2. The quantitative estimate of drug-likeness (QED) is 0.649. The van der Waals surface area contributed by atoms with Crippen molar-refractivity contribution in [1.29, 1.82) is 0 Å². The van der Waals surface area contributed by atoms with E-state index in [0.29, 0.717) is 0 Å². The van der Waals surface area contributed by atoms with Crippen LogP contribution in [-0.4, -0.2) is 17.9 Å². The second-order valence-corrected chi connectivity index (χ2v) is 8.66. The van der Waals surface area contributed by atoms with Gasteiger partial charge in [0.2, 0.25) is 11.8 Å². The van der Waals surface area contributed by atoms with E-state index in [1.165, 1.54) is 9.75 Å². The third-order valence-electron chi connectivity index (χ3n) is 4.91. The molecule has 1 aromatic heterocycles. The number of benzene rings is 2. The predicted octanol–water partition coefficient (Wildman–Crippen LogP) is 4.44. The van der Waals surface area contributed by atoms with Gasteiger partial charge in [0.25, 0.3) is 0 Å². The monoisotopic (exact) mass is 394 g/mol. The zero-order chi connectivity index (χ0) is 20.3. The Labute approximate surface area is 170 Å². The van der Waals surface area contributed by atoms with Gasteiger partial charge in [-0.05, 0) is 55.7 Å². The number of carbonyl (C=O) groups is 2. The maximum absolute atomic E-state index is 12.5. The fourth-order valence-electron chi connectivity index (χ4n) is 3.47. The third-order valence-corrected chi connectivity index (χ3v) is 5.89. The van der Waals surface area contributed by atoms with E-state index < -0.39 is 6.04 Å². The van der Waals surface area contributed by atoms with E-state index in [9.17, 15) is 9.59 Å². The van der Waals surface area contributed by atoms with Gasteiger partial charge >= 0.3 is 0 Å². The van der Waals surface area contributed by atoms with Gasteiger partial charge in [0.15, 0.2) is 0 Å². The van der Waals surface area contributed by atoms with Crippen LogP contribution in [0.5, 0.6) is 0 Å². The van der Waals surface area contributed by atoms with Crippen molar-refractivity contribution < 1.29 is 9.59 Å². The summed E-state index contributed by atoms with van der Waals surface area (Å²) in [7, 11) is 0. The molecule has 5 heteroatoms. The molecule has 0 spiro atoms. The Bertz CT molecular complexity index is 1000. The summed E-state index contributed by atoms with van der Waals surface area (Å²) in [6, 6.07) is 15.4. The van der Waals surface area contributed by atoms with Crippen molar-refractivity contribution in [2.24, 2.45) is 0 Å². The first-order valence-electron chi connectivity index (χ1n) is 9.48. The molecule has 28 heavy (non-hydrogen) atoms. The van der Waals surface area contributed by atoms with Crippen molar-refractivity contribution in [2.75, 3.05) is 0 Å². The van der Waals surface area contributed by atoms with Gasteiger partial charge in [-0.25, -0.2) is 0 Å². The molecule has 0 radical (unpaired) electrons. The van der Waals surface area contributed by atoms with Gasteiger partial charge in [-0.3, -0.25) is 9.59 Å². The molecule has 2 aromatic carbocycles. The van der Waals surface area contributed by atoms with Gasteiger partial charge in [-0.1, -0.05) is 42.5 Å². The molecule has 2 N–H and O–H groups in total. The number of hydrogen-bond donors (Lipinski definition) is 2. The molecular formula is C23H26N2O2S. The Morgan fingerprint density at radius 3 is 2.43 bits per heavy atom. The van der Waals surface area contributed by atoms with Crippen LogP contribution in [0, 0.1) is 13.8 Å². The number of hydrogen-bond acceptors (Lipinski definition) is 3. The molecule has 0 saturated carbocycles. The van der Waals surface area contributed by atoms with Gasteiger partial charge < -0.3 is 10.6 Å². The minimum Gasteiger partial charge on any atom is -0.348 e. The van der Waals surface area contributed by atoms with E-state index >= 15 is 0 Å². The molecule has 3 aromatic rings. The number of amides is 2. The highest BCUT2D eigenvalue weighted by atomic mass is 32.1. The summed E-state index contributed by atoms with van der Waals surface area (Å²) in [5.74, 6) is -0.337. The molecule has 3 rings (SSSR count). The van der Waals surface area contributed by atoms with E-state index in [4.69, 9.17) is 0 Å². The highest BCUT2D eigenvalue weighted by Crippen LogP contribution is 2.26. The number of thiophene rings is 1. The molecular weight excluding hydrogens is 368 g/mol. The summed E-state index contributed by atoms with van der Waals surface area (Å²) in [6.07, 6.45) is 0.247. The smallest absolute Gasteiger partial charge is 0.242 e. The first kappa shape index (κ1) is 20.1. The molecule has 0 aliphatic rings. The second-order valence-electron chi connectivity index (χ2n) is 7.20. The Hall–Kier alpha value is -2.66. The van der Waals surface area contributed by atoms with Crippen molar-refractivity contribution in [1.82, 2.24) is 10.6 Å². The lowest BCUT2D eigenvalue weighted by atomic mass is 10.0. The Kier molecular flexibility index (Phi) is 6.15. The molecule has 0 aliphatic heterocycles. The van der Waals surface area contributed by atoms with Gasteiger partial charge in [0.05, 0.1) is 12.5 Å². The normalized spacial score (nSPS) is 13.1. The van der Waals surface area contributed by atoms with Crippen LogP contribution >= 0.6 is 11.3 Å². The highest BCUT2D eigenvalue weighted by Gasteiger charge is 2.20. The van der Waals surface area contributed by atoms with E-state index in [1.54, 1.807) is 18.3 Å². The molecule has 0 fully saturated rings. The summed E-state index contributed by atoms with van der Waals surface area (Å²) < 4.78 is 0. The molecule has 4 nitrogen and oxygen atoms in total. The van der Waals surface area contributed by atoms with Gasteiger partial charge in [0, 0.05) is 9.75 Å². The van der Waals surface area contributed by atoms with E-state index in [0.717, 1.165) is 21.9 Å². The minimum absolute atomic E-state index is 0.0881. The van der Waals surface area contributed by atoms with E-state index in [-0.39, 0.29) is 24.3 Å². The van der Waals surface area contributed by atoms with Crippen molar-refractivity contribution in [3.8, 4) is 0 Å². The predicted molar refractivity (Wildman–Crippen MR) is 116 cm³/mol. The summed E-state index contributed by atoms with van der Waals surface area (Å²) in [5, 5.41) is 7.99. The standard InChI is InChI=1S/C23H26N2O2S/c1-14-12-21(17(4)28-14)15(2)25-23(27)16(3)24-22(26)13-19-10-7-9-18-8-5-6-11-20(18)19/h5-12,15-16H,13H2,1-4H3,(H,24,26)(H,25,27)/t15-,16+/m1/s1. The molecule has 2 amide bonds. The molecule has 0 saturated heterocycles. The number of carbonyl (C=O) groups excluding carboxylic acids is 2. The molecule has 0 bridgehead atoms. The SMILES string of the molecule is Cc1cc([C@@H](C)NC(=O)[C@H](C)NC(=O)Cc2cccc3ccccc23)c(C)s1. The van der Waals surface area contributed by atoms with Crippen LogP contribution < -0.4 is 10.6 Å². The van der Waals surface area contributed by atoms with Crippen molar-refractivity contribution in [3.63, 3.8) is 0 Å². The minimum atomic E-state index is -0.593. The molecule has 0 aliphatic carbocycles. The average molecular weight is 395 g/mol. The van der Waals surface area contributed by atoms with Crippen LogP contribution in [0.2, 0.25) is 0 Å². The van der Waals surface area contributed by atoms with Crippen LogP contribution in [0.15, 0.2) is 48.5 Å². The highest BCUT2D eigenvalue weighted by molar-refractivity contribution is 7.12. The lowest BCUT2D eigenvalue weighted by molar-refractivity contribution is -0.128. The summed E-state index contributed by atoms with van der Waals surface area (Å²) in [6.45, 7) is 7.81.